The van der Waals surface area contributed by atoms with E-state index in [0.717, 1.165) is 28.8 Å². The molecule has 0 fully saturated rings. The molecule has 4 aromatic heterocycles. The average Bonchev–Trinajstić information content (AvgIpc) is 3.39. The van der Waals surface area contributed by atoms with Crippen molar-refractivity contribution in [3.05, 3.63) is 161 Å². The minimum Gasteiger partial charge on any atom is -0.382 e. The van der Waals surface area contributed by atoms with Gasteiger partial charge in [0.2, 0.25) is 0 Å². The van der Waals surface area contributed by atoms with Gasteiger partial charge in [-0.1, -0.05) is 66.7 Å². The van der Waals surface area contributed by atoms with E-state index in [4.69, 9.17) is 22.9 Å². The Kier molecular flexibility index (Phi) is 20.4. The molecular weight excluding hydrogens is 1130 g/mol. The molecule has 0 aliphatic carbocycles. The molecule has 8 rings (SSSR count). The molecule has 4 heterocycles. The van der Waals surface area contributed by atoms with Crippen LogP contribution in [0.5, 0.6) is 0 Å². The lowest BCUT2D eigenvalue weighted by Crippen LogP contribution is -2.13. The van der Waals surface area contributed by atoms with E-state index in [1.54, 1.807) is 139 Å². The quantitative estimate of drug-likeness (QED) is 0.0886. The van der Waals surface area contributed by atoms with E-state index in [0.29, 0.717) is 70.7 Å². The number of sulfone groups is 3. The third-order valence-corrected chi connectivity index (χ3v) is 18.2. The first-order valence-corrected chi connectivity index (χ1v) is 28.9. The highest BCUT2D eigenvalue weighted by atomic mass is 79.9. The fraction of sp³-hybridized carbons (Fsp3) is 0.216. The van der Waals surface area contributed by atoms with Crippen molar-refractivity contribution < 1.29 is 25.3 Å². The van der Waals surface area contributed by atoms with Crippen LogP contribution in [-0.4, -0.2) is 80.9 Å². The molecule has 0 amide bonds. The second-order valence-corrected chi connectivity index (χ2v) is 26.0. The van der Waals surface area contributed by atoms with Crippen molar-refractivity contribution in [2.45, 2.75) is 84.8 Å². The number of aromatic nitrogens is 8. The van der Waals surface area contributed by atoms with Crippen LogP contribution in [0.4, 0.5) is 23.3 Å². The van der Waals surface area contributed by atoms with Crippen molar-refractivity contribution >= 4 is 84.6 Å². The van der Waals surface area contributed by atoms with Crippen LogP contribution >= 0.6 is 31.9 Å². The van der Waals surface area contributed by atoms with Crippen LogP contribution in [0.25, 0.3) is 33.8 Å². The fourth-order valence-corrected chi connectivity index (χ4v) is 9.93. The number of benzene rings is 4. The number of rotatable bonds is 12. The van der Waals surface area contributed by atoms with Crippen LogP contribution in [-0.2, 0) is 42.4 Å². The van der Waals surface area contributed by atoms with Gasteiger partial charge in [0.25, 0.3) is 0 Å². The highest BCUT2D eigenvalue weighted by Gasteiger charge is 2.21. The van der Waals surface area contributed by atoms with Crippen LogP contribution in [0.2, 0.25) is 0 Å². The first-order valence-electron chi connectivity index (χ1n) is 22.7. The molecular formula is C51H56Br2N12O6S3. The van der Waals surface area contributed by atoms with Gasteiger partial charge < -0.3 is 22.9 Å². The number of halogens is 2. The van der Waals surface area contributed by atoms with Gasteiger partial charge >= 0.3 is 0 Å². The van der Waals surface area contributed by atoms with Crippen molar-refractivity contribution in [1.82, 2.24) is 39.9 Å². The first kappa shape index (κ1) is 58.1. The van der Waals surface area contributed by atoms with E-state index < -0.39 is 45.3 Å². The van der Waals surface area contributed by atoms with Gasteiger partial charge in [-0.2, -0.15) is 0 Å². The van der Waals surface area contributed by atoms with E-state index >= 15 is 0 Å². The Bertz CT molecular complexity index is 3430. The third kappa shape index (κ3) is 15.9. The van der Waals surface area contributed by atoms with Gasteiger partial charge in [-0.05, 0) is 128 Å². The normalized spacial score (nSPS) is 11.4. The molecule has 8 N–H and O–H groups in total. The molecule has 0 saturated carbocycles. The Morgan fingerprint density at radius 2 is 0.811 bits per heavy atom. The SMILES string of the molecule is CC(C)S(=O)(=O)c1ccc(-c2cnc(N)c(Br)n2)cc1.CC(C)S(=O)(=O)c1ccc(-c2cnc(N)c(CCc3ccccc3)n2)cc1.CC(C)S(=O)(=O)c1ccc(-c2cnc(N)cn2)cc1.Nc1cnc(Br)cn1. The number of nitrogens with two attached hydrogens (primary N) is 4. The molecule has 0 radical (unpaired) electrons. The summed E-state index contributed by atoms with van der Waals surface area (Å²) in [5.74, 6) is 1.53. The van der Waals surface area contributed by atoms with E-state index in [2.05, 4.69) is 83.9 Å². The summed E-state index contributed by atoms with van der Waals surface area (Å²) in [5.41, 5.74) is 28.6. The molecule has 0 saturated heterocycles. The maximum atomic E-state index is 12.3. The summed E-state index contributed by atoms with van der Waals surface area (Å²) in [6.45, 7) is 9.99. The minimum atomic E-state index is -3.29. The first-order chi connectivity index (χ1) is 34.9. The van der Waals surface area contributed by atoms with Crippen LogP contribution in [0.3, 0.4) is 0 Å². The van der Waals surface area contributed by atoms with E-state index in [-0.39, 0.29) is 0 Å². The van der Waals surface area contributed by atoms with Gasteiger partial charge in [-0.15, -0.1) is 0 Å². The van der Waals surface area contributed by atoms with Gasteiger partial charge in [-0.25, -0.2) is 60.1 Å². The van der Waals surface area contributed by atoms with E-state index in [1.165, 1.54) is 18.0 Å². The van der Waals surface area contributed by atoms with E-state index in [9.17, 15) is 25.3 Å². The summed E-state index contributed by atoms with van der Waals surface area (Å²) >= 11 is 6.33. The number of hydrogen-bond acceptors (Lipinski definition) is 18. The highest BCUT2D eigenvalue weighted by molar-refractivity contribution is 9.10. The molecule has 23 heteroatoms. The Balaban J connectivity index is 0.000000194. The lowest BCUT2D eigenvalue weighted by Gasteiger charge is -2.10. The predicted octanol–water partition coefficient (Wildman–Crippen LogP) is 9.09. The van der Waals surface area contributed by atoms with Crippen LogP contribution in [0.15, 0.2) is 164 Å². The highest BCUT2D eigenvalue weighted by Crippen LogP contribution is 2.26. The Morgan fingerprint density at radius 3 is 1.19 bits per heavy atom. The Morgan fingerprint density at radius 1 is 0.419 bits per heavy atom. The summed E-state index contributed by atoms with van der Waals surface area (Å²) in [4.78, 5) is 33.7. The van der Waals surface area contributed by atoms with Crippen molar-refractivity contribution in [1.29, 1.82) is 0 Å². The zero-order valence-electron chi connectivity index (χ0n) is 41.2. The summed E-state index contributed by atoms with van der Waals surface area (Å²) in [6.07, 6.45) is 10.7. The monoisotopic (exact) mass is 1190 g/mol. The molecule has 0 atom stereocenters. The van der Waals surface area contributed by atoms with Crippen LogP contribution < -0.4 is 22.9 Å². The number of aryl methyl sites for hydroxylation is 2. The number of nitrogen functional groups attached to an aromatic ring is 4. The smallest absolute Gasteiger partial charge is 0.180 e. The molecule has 0 aliphatic heterocycles. The predicted molar refractivity (Wildman–Crippen MR) is 298 cm³/mol. The van der Waals surface area contributed by atoms with Crippen LogP contribution in [0.1, 0.15) is 52.8 Å². The van der Waals surface area contributed by atoms with Crippen molar-refractivity contribution in [2.24, 2.45) is 0 Å². The summed E-state index contributed by atoms with van der Waals surface area (Å²) in [6, 6.07) is 30.1. The molecule has 18 nitrogen and oxygen atoms in total. The van der Waals surface area contributed by atoms with Crippen molar-refractivity contribution in [2.75, 3.05) is 22.9 Å². The van der Waals surface area contributed by atoms with Crippen molar-refractivity contribution in [3.8, 4) is 33.8 Å². The molecule has 0 unspecified atom stereocenters. The zero-order chi connectivity index (χ0) is 54.4. The molecule has 0 spiro atoms. The molecule has 388 valence electrons. The summed E-state index contributed by atoms with van der Waals surface area (Å²) in [5, 5.41) is -1.34. The van der Waals surface area contributed by atoms with Crippen LogP contribution in [0, 0.1) is 0 Å². The standard InChI is InChI=1S/C21H23N3O2S.C13H14BrN3O2S.C13H15N3O2S.C4H4BrN3/c1-15(2)27(25,26)18-11-9-17(10-12-18)20-14-23-21(22)19(24-20)13-8-16-6-4-3-5-7-16;1-8(2)20(18,19)10-5-3-9(4-6-10)11-7-16-13(15)12(14)17-11;1-9(2)19(17,18)11-5-3-10(4-6-11)12-7-16-13(14)8-15-12;5-3-1-8-4(6)2-7-3/h3-7,9-12,14-15H,8,13H2,1-2H3,(H2,22,23);3-8H,1-2H3,(H2,15,16);3-9H,1-2H3,(H2,14,16);1-2H,(H2,6,8). The molecule has 74 heavy (non-hydrogen) atoms. The van der Waals surface area contributed by atoms with Gasteiger partial charge in [0.15, 0.2) is 35.3 Å². The minimum absolute atomic E-state index is 0.304. The van der Waals surface area contributed by atoms with Gasteiger partial charge in [0.05, 0.1) is 90.4 Å². The summed E-state index contributed by atoms with van der Waals surface area (Å²) < 4.78 is 73.7. The fourth-order valence-electron chi connectivity index (χ4n) is 6.25. The number of nitrogens with zero attached hydrogens (tertiary/aromatic N) is 8. The second kappa shape index (κ2) is 25.9. The maximum absolute atomic E-state index is 12.3. The summed E-state index contributed by atoms with van der Waals surface area (Å²) in [7, 11) is -9.78. The van der Waals surface area contributed by atoms with E-state index in [1.807, 2.05) is 18.2 Å². The van der Waals surface area contributed by atoms with Gasteiger partial charge in [0, 0.05) is 16.7 Å². The van der Waals surface area contributed by atoms with Gasteiger partial charge in [-0.3, -0.25) is 4.98 Å². The second-order valence-electron chi connectivity index (χ2n) is 16.9. The number of hydrogen-bond donors (Lipinski definition) is 4. The average molecular weight is 1190 g/mol. The Labute approximate surface area is 449 Å². The molecule has 0 aliphatic rings. The molecule has 4 aromatic carbocycles. The number of anilines is 4. The topological polar surface area (TPSA) is 310 Å². The lowest BCUT2D eigenvalue weighted by atomic mass is 10.1. The molecule has 8 aromatic rings. The Hall–Kier alpha value is -6.79. The zero-order valence-corrected chi connectivity index (χ0v) is 46.9. The largest absolute Gasteiger partial charge is 0.382 e. The maximum Gasteiger partial charge on any atom is 0.180 e. The lowest BCUT2D eigenvalue weighted by molar-refractivity contribution is 0.586. The van der Waals surface area contributed by atoms with Crippen molar-refractivity contribution in [3.63, 3.8) is 0 Å². The molecule has 0 bridgehead atoms. The third-order valence-electron chi connectivity index (χ3n) is 10.7. The van der Waals surface area contributed by atoms with Gasteiger partial charge in [0.1, 0.15) is 26.7 Å².